The quantitative estimate of drug-likeness (QED) is 0.570. The summed E-state index contributed by atoms with van der Waals surface area (Å²) in [5.74, 6) is 1.65. The Labute approximate surface area is 194 Å². The molecular weight excluding hydrogens is 420 g/mol. The Morgan fingerprint density at radius 2 is 1.88 bits per heavy atom. The number of halogens is 1. The van der Waals surface area contributed by atoms with Crippen molar-refractivity contribution in [3.05, 3.63) is 69.2 Å². The zero-order valence-electron chi connectivity index (χ0n) is 18.8. The Bertz CT molecular complexity index is 1170. The Kier molecular flexibility index (Phi) is 6.97. The number of anilines is 1. The number of hydrogen-bond acceptors (Lipinski definition) is 4. The Hall–Kier alpha value is -2.63. The molecule has 2 aromatic carbocycles. The van der Waals surface area contributed by atoms with Crippen molar-refractivity contribution in [3.63, 3.8) is 0 Å². The molecule has 0 radical (unpaired) electrons. The molecule has 2 N–H and O–H groups in total. The van der Waals surface area contributed by atoms with Gasteiger partial charge in [-0.1, -0.05) is 36.2 Å². The maximum absolute atomic E-state index is 13.5. The van der Waals surface area contributed by atoms with Gasteiger partial charge in [0.1, 0.15) is 5.82 Å². The van der Waals surface area contributed by atoms with Crippen molar-refractivity contribution < 1.29 is 0 Å². The van der Waals surface area contributed by atoms with E-state index in [1.165, 1.54) is 6.42 Å². The van der Waals surface area contributed by atoms with Crippen LogP contribution < -0.4 is 16.2 Å². The molecule has 0 bridgehead atoms. The van der Waals surface area contributed by atoms with Gasteiger partial charge in [-0.2, -0.15) is 0 Å². The van der Waals surface area contributed by atoms with Gasteiger partial charge in [0, 0.05) is 31.4 Å². The molecule has 1 aromatic heterocycles. The van der Waals surface area contributed by atoms with Crippen LogP contribution in [0.4, 0.5) is 5.69 Å². The van der Waals surface area contributed by atoms with E-state index in [0.717, 1.165) is 30.5 Å². The summed E-state index contributed by atoms with van der Waals surface area (Å²) in [5, 5.41) is 1.12. The van der Waals surface area contributed by atoms with Crippen molar-refractivity contribution in [2.24, 2.45) is 17.6 Å². The highest BCUT2D eigenvalue weighted by molar-refractivity contribution is 6.31. The molecule has 32 heavy (non-hydrogen) atoms. The van der Waals surface area contributed by atoms with Crippen LogP contribution in [0.1, 0.15) is 37.1 Å². The van der Waals surface area contributed by atoms with Crippen LogP contribution in [0, 0.1) is 11.8 Å². The van der Waals surface area contributed by atoms with Gasteiger partial charge >= 0.3 is 0 Å². The van der Waals surface area contributed by atoms with E-state index in [4.69, 9.17) is 22.3 Å². The molecule has 1 aliphatic carbocycles. The molecule has 6 heteroatoms. The van der Waals surface area contributed by atoms with Gasteiger partial charge in [0.15, 0.2) is 0 Å². The summed E-state index contributed by atoms with van der Waals surface area (Å²) >= 11 is 6.18. The number of rotatable bonds is 6. The van der Waals surface area contributed by atoms with Gasteiger partial charge in [-0.15, -0.1) is 0 Å². The van der Waals surface area contributed by atoms with Gasteiger partial charge in [0.05, 0.1) is 10.9 Å². The lowest BCUT2D eigenvalue weighted by Crippen LogP contribution is -2.31. The Morgan fingerprint density at radius 3 is 2.59 bits per heavy atom. The summed E-state index contributed by atoms with van der Waals surface area (Å²) < 4.78 is 1.83. The topological polar surface area (TPSA) is 64.2 Å². The minimum Gasteiger partial charge on any atom is -0.378 e. The summed E-state index contributed by atoms with van der Waals surface area (Å²) in [6.45, 7) is 1.37. The zero-order chi connectivity index (χ0) is 22.7. The van der Waals surface area contributed by atoms with Crippen molar-refractivity contribution >= 4 is 40.3 Å². The molecule has 2 unspecified atom stereocenters. The fourth-order valence-electron chi connectivity index (χ4n) is 4.61. The number of fused-ring (bicyclic) bond motifs is 1. The lowest BCUT2D eigenvalue weighted by molar-refractivity contribution is 0.245. The van der Waals surface area contributed by atoms with Crippen LogP contribution in [0.15, 0.2) is 47.3 Å². The lowest BCUT2D eigenvalue weighted by Gasteiger charge is -2.29. The summed E-state index contributed by atoms with van der Waals surface area (Å²) in [5.41, 5.74) is 8.79. The average molecular weight is 451 g/mol. The maximum Gasteiger partial charge on any atom is 0.261 e. The fourth-order valence-corrected chi connectivity index (χ4v) is 4.78. The number of hydrogen-bond donors (Lipinski definition) is 1. The van der Waals surface area contributed by atoms with Crippen LogP contribution in [0.2, 0.25) is 5.02 Å². The maximum atomic E-state index is 13.5. The smallest absolute Gasteiger partial charge is 0.261 e. The third kappa shape index (κ3) is 5.05. The second-order valence-corrected chi connectivity index (χ2v) is 9.44. The summed E-state index contributed by atoms with van der Waals surface area (Å²) in [4.78, 5) is 20.4. The Morgan fingerprint density at radius 1 is 1.12 bits per heavy atom. The van der Waals surface area contributed by atoms with E-state index in [-0.39, 0.29) is 5.56 Å². The molecule has 1 fully saturated rings. The third-order valence-electron chi connectivity index (χ3n) is 6.45. The molecule has 0 amide bonds. The van der Waals surface area contributed by atoms with Crippen LogP contribution in [-0.2, 0) is 6.54 Å². The van der Waals surface area contributed by atoms with Crippen molar-refractivity contribution in [1.29, 1.82) is 0 Å². The molecule has 4 rings (SSSR count). The molecule has 3 aromatic rings. The van der Waals surface area contributed by atoms with E-state index in [9.17, 15) is 4.79 Å². The molecule has 1 heterocycles. The first-order valence-electron chi connectivity index (χ1n) is 11.3. The van der Waals surface area contributed by atoms with Gasteiger partial charge in [-0.25, -0.2) is 4.98 Å². The van der Waals surface area contributed by atoms with E-state index in [1.54, 1.807) is 12.1 Å². The van der Waals surface area contributed by atoms with Gasteiger partial charge in [-0.3, -0.25) is 9.36 Å². The normalized spacial score (nSPS) is 19.0. The second-order valence-electron chi connectivity index (χ2n) is 9.00. The number of nitrogens with zero attached hydrogens (tertiary/aromatic N) is 3. The van der Waals surface area contributed by atoms with Gasteiger partial charge < -0.3 is 10.6 Å². The third-order valence-corrected chi connectivity index (χ3v) is 6.68. The van der Waals surface area contributed by atoms with Crippen LogP contribution in [0.25, 0.3) is 23.1 Å². The standard InChI is InChI=1S/C26H31ClN4O/c1-30(2)22-10-6-18(7-11-22)8-13-25-29-24-12-9-21(27)15-23(24)26(32)31(25)17-20-5-3-4-19(14-20)16-28/h6-13,15,19-20H,3-5,14,16-17,28H2,1-2H3. The molecule has 2 atom stereocenters. The molecule has 0 saturated heterocycles. The lowest BCUT2D eigenvalue weighted by atomic mass is 9.81. The molecule has 0 spiro atoms. The minimum absolute atomic E-state index is 0.0324. The molecular formula is C26H31ClN4O. The predicted octanol–water partition coefficient (Wildman–Crippen LogP) is 5.05. The zero-order valence-corrected chi connectivity index (χ0v) is 19.6. The van der Waals surface area contributed by atoms with Crippen molar-refractivity contribution in [3.8, 4) is 0 Å². The minimum atomic E-state index is -0.0324. The number of nitrogens with two attached hydrogens (primary N) is 1. The summed E-state index contributed by atoms with van der Waals surface area (Å²) in [6, 6.07) is 13.6. The van der Waals surface area contributed by atoms with Crippen LogP contribution in [0.3, 0.4) is 0 Å². The monoisotopic (exact) mass is 450 g/mol. The molecule has 1 saturated carbocycles. The van der Waals surface area contributed by atoms with Crippen molar-refractivity contribution in [2.45, 2.75) is 32.2 Å². The summed E-state index contributed by atoms with van der Waals surface area (Å²) in [7, 11) is 4.05. The number of aromatic nitrogens is 2. The average Bonchev–Trinajstić information content (AvgIpc) is 2.80. The second kappa shape index (κ2) is 9.88. The Balaban J connectivity index is 1.71. The molecule has 168 valence electrons. The predicted molar refractivity (Wildman–Crippen MR) is 135 cm³/mol. The van der Waals surface area contributed by atoms with Gasteiger partial charge in [0.2, 0.25) is 0 Å². The van der Waals surface area contributed by atoms with Gasteiger partial charge in [-0.05, 0) is 79.6 Å². The van der Waals surface area contributed by atoms with E-state index >= 15 is 0 Å². The molecule has 0 aliphatic heterocycles. The van der Waals surface area contributed by atoms with E-state index in [1.807, 2.05) is 36.9 Å². The van der Waals surface area contributed by atoms with Gasteiger partial charge in [0.25, 0.3) is 5.56 Å². The first kappa shape index (κ1) is 22.6. The van der Waals surface area contributed by atoms with Crippen molar-refractivity contribution in [1.82, 2.24) is 9.55 Å². The molecule has 1 aliphatic rings. The van der Waals surface area contributed by atoms with E-state index < -0.39 is 0 Å². The first-order valence-corrected chi connectivity index (χ1v) is 11.7. The first-order chi connectivity index (χ1) is 15.4. The largest absolute Gasteiger partial charge is 0.378 e. The SMILES string of the molecule is CN(C)c1ccc(C=Cc2nc3ccc(Cl)cc3c(=O)n2CC2CCCC(CN)C2)cc1. The summed E-state index contributed by atoms with van der Waals surface area (Å²) in [6.07, 6.45) is 8.49. The van der Waals surface area contributed by atoms with Crippen LogP contribution in [-0.4, -0.2) is 30.2 Å². The fraction of sp³-hybridized carbons (Fsp3) is 0.385. The number of benzene rings is 2. The van der Waals surface area contributed by atoms with E-state index in [2.05, 4.69) is 29.2 Å². The van der Waals surface area contributed by atoms with Crippen LogP contribution in [0.5, 0.6) is 0 Å². The molecule has 5 nitrogen and oxygen atoms in total. The highest BCUT2D eigenvalue weighted by Gasteiger charge is 2.23. The van der Waals surface area contributed by atoms with E-state index in [0.29, 0.717) is 46.7 Å². The highest BCUT2D eigenvalue weighted by Crippen LogP contribution is 2.30. The van der Waals surface area contributed by atoms with Crippen LogP contribution >= 0.6 is 11.6 Å². The highest BCUT2D eigenvalue weighted by atomic mass is 35.5. The van der Waals surface area contributed by atoms with Crippen molar-refractivity contribution in [2.75, 3.05) is 25.5 Å².